The molecule has 2 aliphatic rings. The predicted molar refractivity (Wildman–Crippen MR) is 109 cm³/mol. The number of para-hydroxylation sites is 1. The second kappa shape index (κ2) is 8.82. The first kappa shape index (κ1) is 19.7. The van der Waals surface area contributed by atoms with Crippen LogP contribution >= 0.6 is 0 Å². The van der Waals surface area contributed by atoms with Crippen molar-refractivity contribution in [2.75, 3.05) is 39.5 Å². The number of aromatic nitrogens is 1. The molecule has 4 rings (SSSR count). The molecule has 2 fully saturated rings. The van der Waals surface area contributed by atoms with Crippen molar-refractivity contribution in [3.63, 3.8) is 0 Å². The van der Waals surface area contributed by atoms with Crippen molar-refractivity contribution in [3.8, 4) is 11.5 Å². The van der Waals surface area contributed by atoms with Crippen molar-refractivity contribution in [2.24, 2.45) is 11.3 Å². The lowest BCUT2D eigenvalue weighted by Crippen LogP contribution is -2.39. The van der Waals surface area contributed by atoms with Crippen LogP contribution in [-0.2, 0) is 4.74 Å². The number of hydrogen-bond acceptors (Lipinski definition) is 5. The Balaban J connectivity index is 1.52. The summed E-state index contributed by atoms with van der Waals surface area (Å²) in [6.45, 7) is 5.95. The van der Waals surface area contributed by atoms with Gasteiger partial charge in [0.05, 0.1) is 18.8 Å². The van der Waals surface area contributed by atoms with E-state index in [0.717, 1.165) is 38.3 Å². The minimum absolute atomic E-state index is 0.0336. The second-order valence-electron chi connectivity index (χ2n) is 7.78. The van der Waals surface area contributed by atoms with Crippen LogP contribution in [0.1, 0.15) is 30.1 Å². The summed E-state index contributed by atoms with van der Waals surface area (Å²) in [7, 11) is 0. The van der Waals surface area contributed by atoms with E-state index >= 15 is 0 Å². The summed E-state index contributed by atoms with van der Waals surface area (Å²) in [5.74, 6) is 1.76. The van der Waals surface area contributed by atoms with Gasteiger partial charge in [0.15, 0.2) is 0 Å². The van der Waals surface area contributed by atoms with Crippen molar-refractivity contribution >= 4 is 5.91 Å². The number of nitrogens with zero attached hydrogens (tertiary/aromatic N) is 2. The van der Waals surface area contributed by atoms with E-state index in [2.05, 4.69) is 4.98 Å². The fourth-order valence-corrected chi connectivity index (χ4v) is 4.49. The maximum Gasteiger partial charge on any atom is 0.257 e. The molecule has 0 bridgehead atoms. The van der Waals surface area contributed by atoms with E-state index in [1.807, 2.05) is 48.2 Å². The summed E-state index contributed by atoms with van der Waals surface area (Å²) in [6.07, 6.45) is 5.37. The van der Waals surface area contributed by atoms with Crippen LogP contribution in [0.5, 0.6) is 11.5 Å². The molecular weight excluding hydrogens is 368 g/mol. The first-order valence-corrected chi connectivity index (χ1v) is 10.3. The van der Waals surface area contributed by atoms with Crippen LogP contribution in [0.15, 0.2) is 48.8 Å². The quantitative estimate of drug-likeness (QED) is 0.749. The Morgan fingerprint density at radius 1 is 1.17 bits per heavy atom. The average Bonchev–Trinajstić information content (AvgIpc) is 3.11. The van der Waals surface area contributed by atoms with Gasteiger partial charge in [-0.1, -0.05) is 12.1 Å². The first-order chi connectivity index (χ1) is 14.2. The van der Waals surface area contributed by atoms with Crippen LogP contribution in [0.4, 0.5) is 0 Å². The van der Waals surface area contributed by atoms with Crippen molar-refractivity contribution in [2.45, 2.75) is 19.8 Å². The fourth-order valence-electron chi connectivity index (χ4n) is 4.49. The molecule has 1 unspecified atom stereocenters. The minimum Gasteiger partial charge on any atom is -0.493 e. The van der Waals surface area contributed by atoms with E-state index in [1.165, 1.54) is 0 Å². The molecule has 1 aromatic heterocycles. The third kappa shape index (κ3) is 4.22. The van der Waals surface area contributed by atoms with Crippen molar-refractivity contribution in [3.05, 3.63) is 54.4 Å². The molecule has 6 nitrogen and oxygen atoms in total. The smallest absolute Gasteiger partial charge is 0.257 e. The highest BCUT2D eigenvalue weighted by Gasteiger charge is 2.49. The SMILES string of the molecule is CCOc1ccccc1C(=O)N1CC(COc2ccncc2)C2(CCOCC2)C1. The summed E-state index contributed by atoms with van der Waals surface area (Å²) in [6, 6.07) is 11.2. The number of rotatable bonds is 6. The van der Waals surface area contributed by atoms with Crippen LogP contribution in [0, 0.1) is 11.3 Å². The third-order valence-corrected chi connectivity index (χ3v) is 6.11. The molecule has 6 heteroatoms. The predicted octanol–water partition coefficient (Wildman–Crippen LogP) is 3.43. The van der Waals surface area contributed by atoms with E-state index in [0.29, 0.717) is 31.1 Å². The molecule has 2 saturated heterocycles. The van der Waals surface area contributed by atoms with E-state index < -0.39 is 0 Å². The Morgan fingerprint density at radius 2 is 1.93 bits per heavy atom. The standard InChI is InChI=1S/C23H28N2O4/c1-2-28-21-6-4-3-5-20(21)22(26)25-15-18(16-29-19-7-11-24-12-8-19)23(17-25)9-13-27-14-10-23/h3-8,11-12,18H,2,9-10,13-17H2,1H3. The van der Waals surface area contributed by atoms with Gasteiger partial charge in [-0.15, -0.1) is 0 Å². The Hall–Kier alpha value is -2.60. The lowest BCUT2D eigenvalue weighted by Gasteiger charge is -2.37. The minimum atomic E-state index is 0.0336. The molecule has 0 radical (unpaired) electrons. The second-order valence-corrected chi connectivity index (χ2v) is 7.78. The zero-order valence-electron chi connectivity index (χ0n) is 16.9. The zero-order valence-corrected chi connectivity index (χ0v) is 16.9. The van der Waals surface area contributed by atoms with Crippen LogP contribution < -0.4 is 9.47 Å². The van der Waals surface area contributed by atoms with Crippen LogP contribution in [0.25, 0.3) is 0 Å². The van der Waals surface area contributed by atoms with Gasteiger partial charge in [0.25, 0.3) is 5.91 Å². The summed E-state index contributed by atoms with van der Waals surface area (Å²) in [4.78, 5) is 19.4. The Bertz CT molecular complexity index is 821. The van der Waals surface area contributed by atoms with Gasteiger partial charge >= 0.3 is 0 Å². The molecular formula is C23H28N2O4. The molecule has 0 N–H and O–H groups in total. The number of carbonyl (C=O) groups is 1. The molecule has 0 aliphatic carbocycles. The summed E-state index contributed by atoms with van der Waals surface area (Å²) in [5.41, 5.74) is 0.675. The monoisotopic (exact) mass is 396 g/mol. The van der Waals surface area contributed by atoms with Crippen LogP contribution in [0.3, 0.4) is 0 Å². The van der Waals surface area contributed by atoms with Crippen LogP contribution in [-0.4, -0.2) is 55.3 Å². The Morgan fingerprint density at radius 3 is 2.69 bits per heavy atom. The molecule has 3 heterocycles. The summed E-state index contributed by atoms with van der Waals surface area (Å²) >= 11 is 0. The molecule has 2 aromatic rings. The molecule has 1 spiro atoms. The van der Waals surface area contributed by atoms with Crippen molar-refractivity contribution in [1.82, 2.24) is 9.88 Å². The van der Waals surface area contributed by atoms with Gasteiger partial charge in [0.2, 0.25) is 0 Å². The van der Waals surface area contributed by atoms with Crippen LogP contribution in [0.2, 0.25) is 0 Å². The van der Waals surface area contributed by atoms with Gasteiger partial charge in [-0.05, 0) is 44.0 Å². The molecule has 2 aliphatic heterocycles. The average molecular weight is 396 g/mol. The maximum atomic E-state index is 13.4. The highest BCUT2D eigenvalue weighted by molar-refractivity contribution is 5.97. The molecule has 1 aromatic carbocycles. The molecule has 154 valence electrons. The highest BCUT2D eigenvalue weighted by atomic mass is 16.5. The Kier molecular flexibility index (Phi) is 6.00. The van der Waals surface area contributed by atoms with Gasteiger partial charge in [-0.2, -0.15) is 0 Å². The normalized spacial score (nSPS) is 20.6. The number of ether oxygens (including phenoxy) is 3. The zero-order chi connectivity index (χ0) is 20.1. The molecule has 0 saturated carbocycles. The van der Waals surface area contributed by atoms with Gasteiger partial charge in [0, 0.05) is 50.0 Å². The largest absolute Gasteiger partial charge is 0.493 e. The number of hydrogen-bond donors (Lipinski definition) is 0. The first-order valence-electron chi connectivity index (χ1n) is 10.3. The van der Waals surface area contributed by atoms with Gasteiger partial charge in [-0.25, -0.2) is 0 Å². The molecule has 1 atom stereocenters. The lowest BCUT2D eigenvalue weighted by atomic mass is 9.72. The molecule has 29 heavy (non-hydrogen) atoms. The Labute approximate surface area is 171 Å². The number of benzene rings is 1. The van der Waals surface area contributed by atoms with Gasteiger partial charge in [-0.3, -0.25) is 9.78 Å². The fraction of sp³-hybridized carbons (Fsp3) is 0.478. The van der Waals surface area contributed by atoms with Gasteiger partial charge in [0.1, 0.15) is 11.5 Å². The topological polar surface area (TPSA) is 60.9 Å². The molecule has 1 amide bonds. The number of amides is 1. The van der Waals surface area contributed by atoms with E-state index in [4.69, 9.17) is 14.2 Å². The number of likely N-dealkylation sites (tertiary alicyclic amines) is 1. The van der Waals surface area contributed by atoms with E-state index in [9.17, 15) is 4.79 Å². The summed E-state index contributed by atoms with van der Waals surface area (Å²) < 4.78 is 17.4. The van der Waals surface area contributed by atoms with Crippen molar-refractivity contribution < 1.29 is 19.0 Å². The van der Waals surface area contributed by atoms with E-state index in [1.54, 1.807) is 12.4 Å². The summed E-state index contributed by atoms with van der Waals surface area (Å²) in [5, 5.41) is 0. The van der Waals surface area contributed by atoms with Gasteiger partial charge < -0.3 is 19.1 Å². The number of pyridine rings is 1. The number of carbonyl (C=O) groups excluding carboxylic acids is 1. The highest BCUT2D eigenvalue weighted by Crippen LogP contribution is 2.45. The maximum absolute atomic E-state index is 13.4. The van der Waals surface area contributed by atoms with E-state index in [-0.39, 0.29) is 17.2 Å². The van der Waals surface area contributed by atoms with Crippen molar-refractivity contribution in [1.29, 1.82) is 0 Å². The third-order valence-electron chi connectivity index (χ3n) is 6.11. The lowest BCUT2D eigenvalue weighted by molar-refractivity contribution is -0.00909.